The second kappa shape index (κ2) is 5.26. The van der Waals surface area contributed by atoms with Gasteiger partial charge in [-0.25, -0.2) is 4.98 Å². The molecule has 0 aliphatic heterocycles. The molecular weight excluding hydrogens is 276 g/mol. The second-order valence-electron chi connectivity index (χ2n) is 4.58. The normalized spacial score (nSPS) is 11.6. The average molecular weight is 294 g/mol. The minimum Gasteiger partial charge on any atom is -0.337 e. The van der Waals surface area contributed by atoms with E-state index < -0.39 is 10.0 Å². The van der Waals surface area contributed by atoms with Crippen LogP contribution in [0.1, 0.15) is 11.4 Å². The Kier molecular flexibility index (Phi) is 3.82. The maximum Gasteiger partial charge on any atom is 0.283 e. The summed E-state index contributed by atoms with van der Waals surface area (Å²) in [6.07, 6.45) is 1.51. The molecule has 1 aromatic heterocycles. The van der Waals surface area contributed by atoms with Gasteiger partial charge in [0.2, 0.25) is 0 Å². The van der Waals surface area contributed by atoms with Gasteiger partial charge in [0.25, 0.3) is 10.0 Å². The fourth-order valence-electron chi connectivity index (χ4n) is 1.81. The molecule has 0 saturated carbocycles. The van der Waals surface area contributed by atoms with Crippen LogP contribution in [0.2, 0.25) is 0 Å². The van der Waals surface area contributed by atoms with Crippen molar-refractivity contribution in [3.05, 3.63) is 41.9 Å². The number of aryl methyl sites for hydroxylation is 2. The highest BCUT2D eigenvalue weighted by molar-refractivity contribution is 7.92. The highest BCUT2D eigenvalue weighted by Crippen LogP contribution is 2.22. The Morgan fingerprint density at radius 1 is 1.40 bits per heavy atom. The van der Waals surface area contributed by atoms with Gasteiger partial charge in [0.15, 0.2) is 5.03 Å². The van der Waals surface area contributed by atoms with Crippen LogP contribution in [-0.2, 0) is 23.6 Å². The minimum atomic E-state index is -3.66. The first-order chi connectivity index (χ1) is 9.36. The third kappa shape index (κ3) is 2.54. The molecule has 6 nitrogen and oxygen atoms in total. The summed E-state index contributed by atoms with van der Waals surface area (Å²) in [4.78, 5) is 4.08. The van der Waals surface area contributed by atoms with Crippen molar-refractivity contribution >= 4 is 15.7 Å². The molecule has 0 aliphatic rings. The summed E-state index contributed by atoms with van der Waals surface area (Å²) in [6, 6.07) is 7.13. The SMILES string of the molecule is Cc1nc(S(=O)(=O)N(C)c2cccc(CN)c2)cn1C. The third-order valence-electron chi connectivity index (χ3n) is 3.22. The first kappa shape index (κ1) is 14.5. The summed E-state index contributed by atoms with van der Waals surface area (Å²) < 4.78 is 27.9. The van der Waals surface area contributed by atoms with Crippen molar-refractivity contribution in [3.8, 4) is 0 Å². The lowest BCUT2D eigenvalue weighted by Crippen LogP contribution is -2.27. The van der Waals surface area contributed by atoms with Crippen LogP contribution in [0, 0.1) is 6.92 Å². The molecule has 0 atom stereocenters. The van der Waals surface area contributed by atoms with Crippen molar-refractivity contribution in [3.63, 3.8) is 0 Å². The third-order valence-corrected chi connectivity index (χ3v) is 4.88. The van der Waals surface area contributed by atoms with Gasteiger partial charge in [-0.05, 0) is 24.6 Å². The number of sulfonamides is 1. The van der Waals surface area contributed by atoms with E-state index in [1.54, 1.807) is 36.7 Å². The number of imidazole rings is 1. The Morgan fingerprint density at radius 3 is 2.65 bits per heavy atom. The lowest BCUT2D eigenvalue weighted by atomic mass is 10.2. The predicted molar refractivity (Wildman–Crippen MR) is 77.9 cm³/mol. The van der Waals surface area contributed by atoms with Crippen molar-refractivity contribution in [2.75, 3.05) is 11.4 Å². The number of nitrogens with zero attached hydrogens (tertiary/aromatic N) is 3. The van der Waals surface area contributed by atoms with Gasteiger partial charge in [0.05, 0.1) is 5.69 Å². The van der Waals surface area contributed by atoms with E-state index in [0.29, 0.717) is 18.1 Å². The van der Waals surface area contributed by atoms with E-state index in [1.165, 1.54) is 17.5 Å². The maximum absolute atomic E-state index is 12.5. The smallest absolute Gasteiger partial charge is 0.283 e. The van der Waals surface area contributed by atoms with Crippen LogP contribution in [0.3, 0.4) is 0 Å². The molecule has 0 saturated heterocycles. The van der Waals surface area contributed by atoms with Crippen LogP contribution in [0.25, 0.3) is 0 Å². The summed E-state index contributed by atoms with van der Waals surface area (Å²) in [7, 11) is -0.389. The molecule has 2 rings (SSSR count). The Balaban J connectivity index is 2.42. The summed E-state index contributed by atoms with van der Waals surface area (Å²) >= 11 is 0. The molecule has 20 heavy (non-hydrogen) atoms. The summed E-state index contributed by atoms with van der Waals surface area (Å²) in [5.74, 6) is 0.646. The summed E-state index contributed by atoms with van der Waals surface area (Å²) in [5, 5.41) is 0.0400. The molecular formula is C13H18N4O2S. The molecule has 0 spiro atoms. The van der Waals surface area contributed by atoms with Gasteiger partial charge < -0.3 is 10.3 Å². The topological polar surface area (TPSA) is 81.2 Å². The largest absolute Gasteiger partial charge is 0.337 e. The molecule has 0 aliphatic carbocycles. The van der Waals surface area contributed by atoms with Gasteiger partial charge in [0.1, 0.15) is 5.82 Å². The van der Waals surface area contributed by atoms with E-state index in [4.69, 9.17) is 5.73 Å². The Hall–Kier alpha value is -1.86. The molecule has 1 aromatic carbocycles. The number of hydrogen-bond acceptors (Lipinski definition) is 4. The van der Waals surface area contributed by atoms with E-state index >= 15 is 0 Å². The lowest BCUT2D eigenvalue weighted by molar-refractivity contribution is 0.591. The summed E-state index contributed by atoms with van der Waals surface area (Å²) in [6.45, 7) is 2.12. The van der Waals surface area contributed by atoms with E-state index in [1.807, 2.05) is 6.07 Å². The molecule has 7 heteroatoms. The van der Waals surface area contributed by atoms with Crippen molar-refractivity contribution in [2.24, 2.45) is 12.8 Å². The molecule has 0 amide bonds. The fraction of sp³-hybridized carbons (Fsp3) is 0.308. The quantitative estimate of drug-likeness (QED) is 0.912. The van der Waals surface area contributed by atoms with Crippen LogP contribution in [0.5, 0.6) is 0 Å². The van der Waals surface area contributed by atoms with Crippen LogP contribution in [0.4, 0.5) is 5.69 Å². The number of aromatic nitrogens is 2. The van der Waals surface area contributed by atoms with E-state index in [0.717, 1.165) is 5.56 Å². The molecule has 2 aromatic rings. The highest BCUT2D eigenvalue weighted by atomic mass is 32.2. The molecule has 0 unspecified atom stereocenters. The van der Waals surface area contributed by atoms with Crippen molar-refractivity contribution in [2.45, 2.75) is 18.5 Å². The van der Waals surface area contributed by atoms with E-state index in [-0.39, 0.29) is 5.03 Å². The first-order valence-electron chi connectivity index (χ1n) is 6.14. The molecule has 2 N–H and O–H groups in total. The van der Waals surface area contributed by atoms with Crippen LogP contribution < -0.4 is 10.0 Å². The zero-order valence-electron chi connectivity index (χ0n) is 11.7. The monoisotopic (exact) mass is 294 g/mol. The van der Waals surface area contributed by atoms with Crippen molar-refractivity contribution in [1.29, 1.82) is 0 Å². The fourth-order valence-corrected chi connectivity index (χ4v) is 3.02. The number of benzene rings is 1. The van der Waals surface area contributed by atoms with Crippen LogP contribution in [0.15, 0.2) is 35.5 Å². The van der Waals surface area contributed by atoms with Gasteiger partial charge in [0, 0.05) is 26.8 Å². The van der Waals surface area contributed by atoms with Crippen molar-refractivity contribution < 1.29 is 8.42 Å². The second-order valence-corrected chi connectivity index (χ2v) is 6.50. The highest BCUT2D eigenvalue weighted by Gasteiger charge is 2.24. The van der Waals surface area contributed by atoms with E-state index in [2.05, 4.69) is 4.98 Å². The van der Waals surface area contributed by atoms with Crippen LogP contribution in [-0.4, -0.2) is 25.0 Å². The lowest BCUT2D eigenvalue weighted by Gasteiger charge is -2.18. The van der Waals surface area contributed by atoms with Gasteiger partial charge in [-0.1, -0.05) is 12.1 Å². The van der Waals surface area contributed by atoms with E-state index in [9.17, 15) is 8.42 Å². The van der Waals surface area contributed by atoms with Crippen molar-refractivity contribution in [1.82, 2.24) is 9.55 Å². The Morgan fingerprint density at radius 2 is 2.10 bits per heavy atom. The number of anilines is 1. The maximum atomic E-state index is 12.5. The molecule has 0 bridgehead atoms. The predicted octanol–water partition coefficient (Wildman–Crippen LogP) is 1.01. The van der Waals surface area contributed by atoms with Gasteiger partial charge >= 0.3 is 0 Å². The number of nitrogens with two attached hydrogens (primary N) is 1. The van der Waals surface area contributed by atoms with Gasteiger partial charge in [-0.15, -0.1) is 0 Å². The van der Waals surface area contributed by atoms with Gasteiger partial charge in [-0.3, -0.25) is 4.31 Å². The average Bonchev–Trinajstić information content (AvgIpc) is 2.78. The molecule has 1 heterocycles. The number of rotatable bonds is 4. The zero-order valence-corrected chi connectivity index (χ0v) is 12.6. The summed E-state index contributed by atoms with van der Waals surface area (Å²) in [5.41, 5.74) is 7.02. The standard InChI is InChI=1S/C13H18N4O2S/c1-10-15-13(9-16(10)2)20(18,19)17(3)12-6-4-5-11(7-12)8-14/h4-7,9H,8,14H2,1-3H3. The van der Waals surface area contributed by atoms with Gasteiger partial charge in [-0.2, -0.15) is 8.42 Å². The molecule has 108 valence electrons. The van der Waals surface area contributed by atoms with Crippen LogP contribution >= 0.6 is 0 Å². The Labute approximate surface area is 118 Å². The molecule has 0 fully saturated rings. The molecule has 0 radical (unpaired) electrons. The Bertz CT molecular complexity index is 702. The zero-order chi connectivity index (χ0) is 14.9. The first-order valence-corrected chi connectivity index (χ1v) is 7.58. The number of hydrogen-bond donors (Lipinski definition) is 1. The minimum absolute atomic E-state index is 0.0400.